The Hall–Kier alpha value is -1.72. The van der Waals surface area contributed by atoms with E-state index in [-0.39, 0.29) is 29.2 Å². The minimum Gasteiger partial charge on any atom is -0.374 e. The van der Waals surface area contributed by atoms with Crippen molar-refractivity contribution in [2.24, 2.45) is 5.73 Å². The third-order valence-electron chi connectivity index (χ3n) is 4.39. The van der Waals surface area contributed by atoms with Gasteiger partial charge in [-0.2, -0.15) is 0 Å². The topological polar surface area (TPSA) is 97.5 Å². The summed E-state index contributed by atoms with van der Waals surface area (Å²) in [5.74, 6) is -0.746. The SMILES string of the molecule is NC(=O)Cc1csc(SCC(=O)NCC2CN(Cc3cccc(Cl)c3F)CCO2)n1. The van der Waals surface area contributed by atoms with Crippen LogP contribution in [-0.4, -0.2) is 59.8 Å². The Morgan fingerprint density at radius 1 is 1.47 bits per heavy atom. The lowest BCUT2D eigenvalue weighted by Crippen LogP contribution is -2.47. The second-order valence-corrected chi connectivity index (χ2v) is 9.27. The Morgan fingerprint density at radius 3 is 3.10 bits per heavy atom. The summed E-state index contributed by atoms with van der Waals surface area (Å²) >= 11 is 8.53. The highest BCUT2D eigenvalue weighted by molar-refractivity contribution is 8.01. The molecule has 1 aromatic heterocycles. The summed E-state index contributed by atoms with van der Waals surface area (Å²) in [5.41, 5.74) is 6.31. The molecule has 7 nitrogen and oxygen atoms in total. The summed E-state index contributed by atoms with van der Waals surface area (Å²) < 4.78 is 20.5. The number of aromatic nitrogens is 1. The summed E-state index contributed by atoms with van der Waals surface area (Å²) in [6.45, 7) is 2.60. The molecule has 1 unspecified atom stereocenters. The van der Waals surface area contributed by atoms with Crippen LogP contribution in [0.3, 0.4) is 0 Å². The highest BCUT2D eigenvalue weighted by Gasteiger charge is 2.22. The molecule has 0 bridgehead atoms. The molecule has 30 heavy (non-hydrogen) atoms. The molecule has 2 amide bonds. The largest absolute Gasteiger partial charge is 0.374 e. The Kier molecular flexibility index (Phi) is 8.46. The van der Waals surface area contributed by atoms with Crippen molar-refractivity contribution >= 4 is 46.5 Å². The van der Waals surface area contributed by atoms with Crippen LogP contribution in [0.4, 0.5) is 4.39 Å². The van der Waals surface area contributed by atoms with Crippen molar-refractivity contribution in [2.75, 3.05) is 32.0 Å². The molecular weight excluding hydrogens is 451 g/mol. The normalized spacial score (nSPS) is 17.1. The Labute approximate surface area is 187 Å². The van der Waals surface area contributed by atoms with Crippen LogP contribution in [-0.2, 0) is 27.3 Å². The predicted octanol–water partition coefficient (Wildman–Crippen LogP) is 2.07. The Morgan fingerprint density at radius 2 is 2.30 bits per heavy atom. The summed E-state index contributed by atoms with van der Waals surface area (Å²) in [7, 11) is 0. The van der Waals surface area contributed by atoms with E-state index in [9.17, 15) is 14.0 Å². The van der Waals surface area contributed by atoms with Crippen molar-refractivity contribution in [2.45, 2.75) is 23.4 Å². The summed E-state index contributed by atoms with van der Waals surface area (Å²) in [6.07, 6.45) is -0.0744. The van der Waals surface area contributed by atoms with Crippen molar-refractivity contribution in [3.8, 4) is 0 Å². The van der Waals surface area contributed by atoms with E-state index in [1.165, 1.54) is 29.2 Å². The maximum absolute atomic E-state index is 14.1. The van der Waals surface area contributed by atoms with E-state index in [4.69, 9.17) is 22.1 Å². The van der Waals surface area contributed by atoms with E-state index >= 15 is 0 Å². The molecule has 1 saturated heterocycles. The number of rotatable bonds is 9. The number of ether oxygens (including phenoxy) is 1. The van der Waals surface area contributed by atoms with Crippen LogP contribution in [0.15, 0.2) is 27.9 Å². The van der Waals surface area contributed by atoms with Crippen molar-refractivity contribution in [1.82, 2.24) is 15.2 Å². The molecule has 3 rings (SSSR count). The number of thioether (sulfide) groups is 1. The van der Waals surface area contributed by atoms with Gasteiger partial charge in [0, 0.05) is 37.1 Å². The van der Waals surface area contributed by atoms with Crippen LogP contribution in [0.2, 0.25) is 5.02 Å². The van der Waals surface area contributed by atoms with Crippen LogP contribution < -0.4 is 11.1 Å². The maximum atomic E-state index is 14.1. The summed E-state index contributed by atoms with van der Waals surface area (Å²) in [5, 5.41) is 4.74. The number of thiazole rings is 1. The average Bonchev–Trinajstić information content (AvgIpc) is 3.15. The van der Waals surface area contributed by atoms with Crippen LogP contribution in [0.5, 0.6) is 0 Å². The number of nitrogens with one attached hydrogen (secondary N) is 1. The monoisotopic (exact) mass is 472 g/mol. The first-order valence-corrected chi connectivity index (χ1v) is 11.5. The zero-order valence-electron chi connectivity index (χ0n) is 16.1. The van der Waals surface area contributed by atoms with Gasteiger partial charge >= 0.3 is 0 Å². The maximum Gasteiger partial charge on any atom is 0.230 e. The molecule has 2 heterocycles. The minimum atomic E-state index is -0.436. The summed E-state index contributed by atoms with van der Waals surface area (Å²) in [6, 6.07) is 4.98. The van der Waals surface area contributed by atoms with E-state index < -0.39 is 11.7 Å². The number of primary amides is 1. The molecule has 0 saturated carbocycles. The van der Waals surface area contributed by atoms with Crippen LogP contribution in [0.25, 0.3) is 0 Å². The number of carbonyl (C=O) groups excluding carboxylic acids is 2. The van der Waals surface area contributed by atoms with Gasteiger partial charge in [-0.3, -0.25) is 14.5 Å². The van der Waals surface area contributed by atoms with Gasteiger partial charge in [-0.15, -0.1) is 11.3 Å². The fraction of sp³-hybridized carbons (Fsp3) is 0.421. The lowest BCUT2D eigenvalue weighted by atomic mass is 10.1. The third-order valence-corrected chi connectivity index (χ3v) is 6.75. The number of halogens is 2. The fourth-order valence-corrected chi connectivity index (χ4v) is 4.85. The highest BCUT2D eigenvalue weighted by atomic mass is 35.5. The van der Waals surface area contributed by atoms with Gasteiger partial charge in [0.15, 0.2) is 4.34 Å². The van der Waals surface area contributed by atoms with Gasteiger partial charge in [0.25, 0.3) is 0 Å². The second-order valence-electron chi connectivity index (χ2n) is 6.78. The van der Waals surface area contributed by atoms with Crippen molar-refractivity contribution in [1.29, 1.82) is 0 Å². The van der Waals surface area contributed by atoms with Crippen LogP contribution in [0.1, 0.15) is 11.3 Å². The van der Waals surface area contributed by atoms with Gasteiger partial charge in [0.05, 0.1) is 35.6 Å². The van der Waals surface area contributed by atoms with Crippen LogP contribution >= 0.6 is 34.7 Å². The zero-order valence-corrected chi connectivity index (χ0v) is 18.5. The van der Waals surface area contributed by atoms with E-state index in [1.807, 2.05) is 0 Å². The molecule has 1 aliphatic rings. The number of amides is 2. The minimum absolute atomic E-state index is 0.0951. The number of nitrogens with zero attached hydrogens (tertiary/aromatic N) is 2. The van der Waals surface area contributed by atoms with Crippen molar-refractivity contribution < 1.29 is 18.7 Å². The first kappa shape index (κ1) is 23.0. The molecule has 0 aliphatic carbocycles. The van der Waals surface area contributed by atoms with Crippen LogP contribution in [0, 0.1) is 5.82 Å². The van der Waals surface area contributed by atoms with Gasteiger partial charge in [0.2, 0.25) is 11.8 Å². The number of benzene rings is 1. The van der Waals surface area contributed by atoms with Crippen molar-refractivity contribution in [3.05, 3.63) is 45.7 Å². The number of nitrogens with two attached hydrogens (primary N) is 1. The standard InChI is InChI=1S/C19H22ClFN4O3S2/c20-15-3-1-2-12(18(15)21)8-25-4-5-28-14(9-25)7-23-17(27)11-30-19-24-13(10-29-19)6-16(22)26/h1-3,10,14H,4-9,11H2,(H2,22,26)(H,23,27). The first-order valence-electron chi connectivity index (χ1n) is 9.29. The van der Waals surface area contributed by atoms with Crippen molar-refractivity contribution in [3.63, 3.8) is 0 Å². The zero-order chi connectivity index (χ0) is 21.5. The summed E-state index contributed by atoms with van der Waals surface area (Å²) in [4.78, 5) is 29.4. The lowest BCUT2D eigenvalue weighted by molar-refractivity contribution is -0.120. The predicted molar refractivity (Wildman–Crippen MR) is 115 cm³/mol. The molecule has 1 atom stereocenters. The third kappa shape index (κ3) is 6.92. The smallest absolute Gasteiger partial charge is 0.230 e. The van der Waals surface area contributed by atoms with E-state index in [0.29, 0.717) is 48.4 Å². The molecule has 3 N–H and O–H groups in total. The number of morpholine rings is 1. The van der Waals surface area contributed by atoms with E-state index in [1.54, 1.807) is 17.5 Å². The molecule has 11 heteroatoms. The van der Waals surface area contributed by atoms with Gasteiger partial charge in [0.1, 0.15) is 5.82 Å². The average molecular weight is 473 g/mol. The molecule has 162 valence electrons. The fourth-order valence-electron chi connectivity index (χ4n) is 2.98. The highest BCUT2D eigenvalue weighted by Crippen LogP contribution is 2.23. The van der Waals surface area contributed by atoms with E-state index in [2.05, 4.69) is 15.2 Å². The number of hydrogen-bond acceptors (Lipinski definition) is 7. The molecule has 1 aliphatic heterocycles. The van der Waals surface area contributed by atoms with E-state index in [0.717, 1.165) is 0 Å². The van der Waals surface area contributed by atoms with Gasteiger partial charge in [-0.05, 0) is 6.07 Å². The molecule has 1 fully saturated rings. The van der Waals surface area contributed by atoms with Gasteiger partial charge < -0.3 is 15.8 Å². The first-order chi connectivity index (χ1) is 14.4. The van der Waals surface area contributed by atoms with Gasteiger partial charge in [-0.25, -0.2) is 9.37 Å². The number of carbonyl (C=O) groups is 2. The Balaban J connectivity index is 1.40. The molecule has 1 aromatic carbocycles. The molecular formula is C19H22ClFN4O3S2. The Bertz CT molecular complexity index is 898. The molecule has 0 spiro atoms. The quantitative estimate of drug-likeness (QED) is 0.542. The molecule has 0 radical (unpaired) electrons. The molecule has 2 aromatic rings. The van der Waals surface area contributed by atoms with Gasteiger partial charge in [-0.1, -0.05) is 35.5 Å². The lowest BCUT2D eigenvalue weighted by Gasteiger charge is -2.33. The second kappa shape index (κ2) is 11.1. The number of hydrogen-bond donors (Lipinski definition) is 2.